The predicted octanol–water partition coefficient (Wildman–Crippen LogP) is 0.785. The number of ether oxygens (including phenoxy) is 2. The summed E-state index contributed by atoms with van der Waals surface area (Å²) in [4.78, 5) is 2.45. The van der Waals surface area contributed by atoms with Gasteiger partial charge in [0.15, 0.2) is 11.5 Å². The van der Waals surface area contributed by atoms with Gasteiger partial charge in [-0.15, -0.1) is 0 Å². The summed E-state index contributed by atoms with van der Waals surface area (Å²) in [6.07, 6.45) is 1.71. The molecule has 2 unspecified atom stereocenters. The Morgan fingerprint density at radius 1 is 1.24 bits per heavy atom. The largest absolute Gasteiger partial charge is 0.493 e. The van der Waals surface area contributed by atoms with Gasteiger partial charge < -0.3 is 19.9 Å². The number of hydrogen-bond donors (Lipinski definition) is 2. The van der Waals surface area contributed by atoms with E-state index in [4.69, 9.17) is 9.47 Å². The third-order valence-electron chi connectivity index (χ3n) is 4.47. The molecule has 0 amide bonds. The number of aliphatic hydroxyl groups excluding tert-OH is 1. The third-order valence-corrected chi connectivity index (χ3v) is 4.47. The molecule has 1 saturated heterocycles. The summed E-state index contributed by atoms with van der Waals surface area (Å²) >= 11 is 0. The molecule has 0 aliphatic carbocycles. The van der Waals surface area contributed by atoms with Crippen LogP contribution in [-0.2, 0) is 13.0 Å². The second-order valence-corrected chi connectivity index (χ2v) is 5.96. The van der Waals surface area contributed by atoms with Crippen molar-refractivity contribution in [3.8, 4) is 11.5 Å². The predicted molar refractivity (Wildman–Crippen MR) is 80.9 cm³/mol. The van der Waals surface area contributed by atoms with Gasteiger partial charge in [-0.3, -0.25) is 4.90 Å². The summed E-state index contributed by atoms with van der Waals surface area (Å²) in [7, 11) is 3.35. The third kappa shape index (κ3) is 3.15. The number of rotatable bonds is 4. The maximum Gasteiger partial charge on any atom is 0.161 e. The van der Waals surface area contributed by atoms with Crippen molar-refractivity contribution >= 4 is 0 Å². The molecule has 2 N–H and O–H groups in total. The summed E-state index contributed by atoms with van der Waals surface area (Å²) < 4.78 is 10.8. The molecular formula is C16H24N2O3. The van der Waals surface area contributed by atoms with Crippen LogP contribution in [0.25, 0.3) is 0 Å². The Morgan fingerprint density at radius 3 is 2.57 bits per heavy atom. The van der Waals surface area contributed by atoms with Crippen molar-refractivity contribution in [2.75, 3.05) is 33.9 Å². The number of β-amino-alcohol motifs (C(OH)–C–C–N with tert-alkyl or cyclic N) is 1. The molecular weight excluding hydrogens is 268 g/mol. The van der Waals surface area contributed by atoms with Gasteiger partial charge in [0, 0.05) is 32.2 Å². The van der Waals surface area contributed by atoms with Crippen LogP contribution < -0.4 is 14.8 Å². The fourth-order valence-corrected chi connectivity index (χ4v) is 3.35. The van der Waals surface area contributed by atoms with Crippen LogP contribution >= 0.6 is 0 Å². The van der Waals surface area contributed by atoms with E-state index in [0.717, 1.165) is 50.5 Å². The van der Waals surface area contributed by atoms with Crippen LogP contribution in [0.4, 0.5) is 0 Å². The Bertz CT molecular complexity index is 507. The van der Waals surface area contributed by atoms with Crippen molar-refractivity contribution < 1.29 is 14.6 Å². The zero-order valence-electron chi connectivity index (χ0n) is 12.8. The SMILES string of the molecule is COc1cc2c(cc1OC)CN(CC1CC(O)CN1)CC2. The molecule has 0 aromatic heterocycles. The number of benzene rings is 1. The van der Waals surface area contributed by atoms with Crippen molar-refractivity contribution in [3.05, 3.63) is 23.3 Å². The molecule has 2 aliphatic rings. The molecule has 0 radical (unpaired) electrons. The molecule has 2 atom stereocenters. The van der Waals surface area contributed by atoms with E-state index < -0.39 is 0 Å². The van der Waals surface area contributed by atoms with Gasteiger partial charge in [-0.2, -0.15) is 0 Å². The lowest BCUT2D eigenvalue weighted by atomic mass is 9.98. The first kappa shape index (κ1) is 14.6. The Balaban J connectivity index is 1.69. The lowest BCUT2D eigenvalue weighted by Gasteiger charge is -2.31. The van der Waals surface area contributed by atoms with Crippen molar-refractivity contribution in [2.24, 2.45) is 0 Å². The lowest BCUT2D eigenvalue weighted by Crippen LogP contribution is -2.40. The average Bonchev–Trinajstić information content (AvgIpc) is 2.90. The molecule has 1 aromatic carbocycles. The monoisotopic (exact) mass is 292 g/mol. The van der Waals surface area contributed by atoms with Gasteiger partial charge in [-0.1, -0.05) is 0 Å². The van der Waals surface area contributed by atoms with E-state index in [1.165, 1.54) is 11.1 Å². The molecule has 2 heterocycles. The Hall–Kier alpha value is -1.30. The molecule has 21 heavy (non-hydrogen) atoms. The summed E-state index contributed by atoms with van der Waals surface area (Å²) in [6, 6.07) is 4.60. The summed E-state index contributed by atoms with van der Waals surface area (Å²) in [5.74, 6) is 1.61. The number of nitrogens with zero attached hydrogens (tertiary/aromatic N) is 1. The van der Waals surface area contributed by atoms with Crippen LogP contribution in [0.2, 0.25) is 0 Å². The first-order chi connectivity index (χ1) is 10.2. The highest BCUT2D eigenvalue weighted by molar-refractivity contribution is 5.48. The van der Waals surface area contributed by atoms with Crippen LogP contribution in [0.3, 0.4) is 0 Å². The summed E-state index contributed by atoms with van der Waals surface area (Å²) in [5.41, 5.74) is 2.67. The second kappa shape index (κ2) is 6.22. The summed E-state index contributed by atoms with van der Waals surface area (Å²) in [6.45, 7) is 3.70. The minimum atomic E-state index is -0.184. The van der Waals surface area contributed by atoms with Gasteiger partial charge in [0.25, 0.3) is 0 Å². The Labute approximate surface area is 125 Å². The second-order valence-electron chi connectivity index (χ2n) is 5.96. The molecule has 0 saturated carbocycles. The highest BCUT2D eigenvalue weighted by Gasteiger charge is 2.26. The Kier molecular flexibility index (Phi) is 4.33. The average molecular weight is 292 g/mol. The van der Waals surface area contributed by atoms with Gasteiger partial charge in [0.1, 0.15) is 0 Å². The lowest BCUT2D eigenvalue weighted by molar-refractivity contribution is 0.184. The molecule has 0 bridgehead atoms. The number of hydrogen-bond acceptors (Lipinski definition) is 5. The van der Waals surface area contributed by atoms with Gasteiger partial charge in [0.05, 0.1) is 20.3 Å². The molecule has 5 nitrogen and oxygen atoms in total. The number of nitrogens with one attached hydrogen (secondary N) is 1. The van der Waals surface area contributed by atoms with Crippen LogP contribution in [-0.4, -0.2) is 56.0 Å². The van der Waals surface area contributed by atoms with Gasteiger partial charge in [0.2, 0.25) is 0 Å². The van der Waals surface area contributed by atoms with Crippen molar-refractivity contribution in [1.29, 1.82) is 0 Å². The minimum Gasteiger partial charge on any atom is -0.493 e. The maximum atomic E-state index is 9.60. The van der Waals surface area contributed by atoms with Crippen molar-refractivity contribution in [1.82, 2.24) is 10.2 Å². The van der Waals surface area contributed by atoms with Crippen LogP contribution in [0.5, 0.6) is 11.5 Å². The topological polar surface area (TPSA) is 54.0 Å². The first-order valence-corrected chi connectivity index (χ1v) is 7.57. The number of aliphatic hydroxyl groups is 1. The Morgan fingerprint density at radius 2 is 1.95 bits per heavy atom. The smallest absolute Gasteiger partial charge is 0.161 e. The van der Waals surface area contributed by atoms with E-state index in [2.05, 4.69) is 22.3 Å². The molecule has 2 aliphatic heterocycles. The van der Waals surface area contributed by atoms with E-state index in [-0.39, 0.29) is 6.10 Å². The first-order valence-electron chi connectivity index (χ1n) is 7.57. The molecule has 5 heteroatoms. The number of fused-ring (bicyclic) bond motifs is 1. The van der Waals surface area contributed by atoms with Crippen molar-refractivity contribution in [2.45, 2.75) is 31.5 Å². The van der Waals surface area contributed by atoms with Gasteiger partial charge in [-0.25, -0.2) is 0 Å². The van der Waals surface area contributed by atoms with E-state index in [1.807, 2.05) is 0 Å². The van der Waals surface area contributed by atoms with Gasteiger partial charge in [-0.05, 0) is 36.1 Å². The molecule has 0 spiro atoms. The highest BCUT2D eigenvalue weighted by Crippen LogP contribution is 2.33. The molecule has 116 valence electrons. The number of methoxy groups -OCH3 is 2. The fourth-order valence-electron chi connectivity index (χ4n) is 3.35. The standard InChI is InChI=1S/C16H24N2O3/c1-20-15-5-11-3-4-18(9-12(11)6-16(15)21-2)10-13-7-14(19)8-17-13/h5-6,13-14,17,19H,3-4,7-10H2,1-2H3. The van der Waals surface area contributed by atoms with Crippen LogP contribution in [0, 0.1) is 0 Å². The fraction of sp³-hybridized carbons (Fsp3) is 0.625. The highest BCUT2D eigenvalue weighted by atomic mass is 16.5. The zero-order chi connectivity index (χ0) is 14.8. The van der Waals surface area contributed by atoms with E-state index in [1.54, 1.807) is 14.2 Å². The van der Waals surface area contributed by atoms with Crippen molar-refractivity contribution in [3.63, 3.8) is 0 Å². The molecule has 3 rings (SSSR count). The maximum absolute atomic E-state index is 9.60. The summed E-state index contributed by atoms with van der Waals surface area (Å²) in [5, 5.41) is 13.0. The van der Waals surface area contributed by atoms with Crippen LogP contribution in [0.15, 0.2) is 12.1 Å². The van der Waals surface area contributed by atoms with E-state index in [9.17, 15) is 5.11 Å². The van der Waals surface area contributed by atoms with Gasteiger partial charge >= 0.3 is 0 Å². The quantitative estimate of drug-likeness (QED) is 0.859. The molecule has 1 aromatic rings. The van der Waals surface area contributed by atoms with Crippen LogP contribution in [0.1, 0.15) is 17.5 Å². The minimum absolute atomic E-state index is 0.184. The normalized spacial score (nSPS) is 25.7. The van der Waals surface area contributed by atoms with E-state index >= 15 is 0 Å². The zero-order valence-corrected chi connectivity index (χ0v) is 12.8. The molecule has 1 fully saturated rings. The van der Waals surface area contributed by atoms with E-state index in [0.29, 0.717) is 6.04 Å².